The minimum Gasteiger partial charge on any atom is -0.378 e. The molecule has 1 aromatic heterocycles. The molecular formula is C19H23Cl2N5O. The Morgan fingerprint density at radius 3 is 2.67 bits per heavy atom. The molecule has 0 spiro atoms. The summed E-state index contributed by atoms with van der Waals surface area (Å²) in [5.74, 6) is 1.63. The van der Waals surface area contributed by atoms with E-state index in [1.54, 1.807) is 0 Å². The zero-order valence-electron chi connectivity index (χ0n) is 15.1. The summed E-state index contributed by atoms with van der Waals surface area (Å²) < 4.78 is 5.41. The summed E-state index contributed by atoms with van der Waals surface area (Å²) in [5.41, 5.74) is 0.993. The van der Waals surface area contributed by atoms with Gasteiger partial charge < -0.3 is 15.0 Å². The topological polar surface area (TPSA) is 53.5 Å². The standard InChI is InChI=1S/C19H23Cl2N5O/c20-16-2-1-3-17(21)15(16)13-25-7-5-14(12-25)23-19-22-6-4-18(24-19)26-8-10-27-11-9-26/h1-4,6,14H,5,7-13H2,(H,22,23,24). The fourth-order valence-electron chi connectivity index (χ4n) is 3.57. The molecule has 2 aliphatic rings. The van der Waals surface area contributed by atoms with Gasteiger partial charge in [0.2, 0.25) is 5.95 Å². The summed E-state index contributed by atoms with van der Waals surface area (Å²) >= 11 is 12.6. The van der Waals surface area contributed by atoms with E-state index in [0.717, 1.165) is 73.8 Å². The molecular weight excluding hydrogens is 385 g/mol. The van der Waals surface area contributed by atoms with E-state index in [1.807, 2.05) is 30.5 Å². The second-order valence-corrected chi connectivity index (χ2v) is 7.72. The van der Waals surface area contributed by atoms with Crippen molar-refractivity contribution in [3.8, 4) is 0 Å². The van der Waals surface area contributed by atoms with Gasteiger partial charge in [0.15, 0.2) is 0 Å². The fraction of sp³-hybridized carbons (Fsp3) is 0.474. The molecule has 144 valence electrons. The molecule has 0 amide bonds. The summed E-state index contributed by atoms with van der Waals surface area (Å²) in [6.07, 6.45) is 2.85. The van der Waals surface area contributed by atoms with Gasteiger partial charge in [-0.15, -0.1) is 0 Å². The van der Waals surface area contributed by atoms with Crippen LogP contribution in [-0.2, 0) is 11.3 Å². The first kappa shape index (κ1) is 18.7. The van der Waals surface area contributed by atoms with Crippen molar-refractivity contribution in [3.63, 3.8) is 0 Å². The monoisotopic (exact) mass is 407 g/mol. The second kappa shape index (κ2) is 8.61. The zero-order valence-corrected chi connectivity index (χ0v) is 16.6. The van der Waals surface area contributed by atoms with Crippen molar-refractivity contribution in [3.05, 3.63) is 46.1 Å². The summed E-state index contributed by atoms with van der Waals surface area (Å²) in [6.45, 7) is 5.88. The smallest absolute Gasteiger partial charge is 0.224 e. The van der Waals surface area contributed by atoms with E-state index >= 15 is 0 Å². The summed E-state index contributed by atoms with van der Waals surface area (Å²) in [7, 11) is 0. The first-order chi connectivity index (χ1) is 13.2. The van der Waals surface area contributed by atoms with Crippen molar-refractivity contribution in [1.82, 2.24) is 14.9 Å². The van der Waals surface area contributed by atoms with Gasteiger partial charge in [-0.2, -0.15) is 4.98 Å². The normalized spacial score (nSPS) is 20.8. The third-order valence-corrected chi connectivity index (χ3v) is 5.73. The lowest BCUT2D eigenvalue weighted by Gasteiger charge is -2.28. The van der Waals surface area contributed by atoms with Crippen LogP contribution in [0.1, 0.15) is 12.0 Å². The van der Waals surface area contributed by atoms with Gasteiger partial charge in [0, 0.05) is 60.6 Å². The van der Waals surface area contributed by atoms with Gasteiger partial charge in [0.1, 0.15) is 5.82 Å². The number of benzene rings is 1. The predicted octanol–water partition coefficient (Wildman–Crippen LogP) is 3.31. The van der Waals surface area contributed by atoms with Crippen LogP contribution in [0.25, 0.3) is 0 Å². The molecule has 2 aliphatic heterocycles. The molecule has 8 heteroatoms. The Morgan fingerprint density at radius 1 is 1.11 bits per heavy atom. The summed E-state index contributed by atoms with van der Waals surface area (Å²) in [6, 6.07) is 7.92. The van der Waals surface area contributed by atoms with Crippen molar-refractivity contribution in [2.24, 2.45) is 0 Å². The average molecular weight is 408 g/mol. The van der Waals surface area contributed by atoms with Gasteiger partial charge in [-0.05, 0) is 24.6 Å². The minimum atomic E-state index is 0.311. The maximum Gasteiger partial charge on any atom is 0.224 e. The van der Waals surface area contributed by atoms with E-state index < -0.39 is 0 Å². The van der Waals surface area contributed by atoms with Crippen LogP contribution in [0.2, 0.25) is 10.0 Å². The molecule has 2 saturated heterocycles. The summed E-state index contributed by atoms with van der Waals surface area (Å²) in [4.78, 5) is 13.7. The van der Waals surface area contributed by atoms with E-state index in [1.165, 1.54) is 0 Å². The number of aromatic nitrogens is 2. The number of rotatable bonds is 5. The molecule has 3 heterocycles. The Morgan fingerprint density at radius 2 is 1.89 bits per heavy atom. The highest BCUT2D eigenvalue weighted by Crippen LogP contribution is 2.27. The minimum absolute atomic E-state index is 0.311. The Kier molecular flexibility index (Phi) is 5.98. The average Bonchev–Trinajstić information content (AvgIpc) is 3.13. The Bertz CT molecular complexity index is 764. The molecule has 2 fully saturated rings. The van der Waals surface area contributed by atoms with Gasteiger partial charge in [-0.3, -0.25) is 4.90 Å². The molecule has 2 aromatic rings. The van der Waals surface area contributed by atoms with Crippen molar-refractivity contribution >= 4 is 35.0 Å². The lowest BCUT2D eigenvalue weighted by molar-refractivity contribution is 0.122. The molecule has 6 nitrogen and oxygen atoms in total. The number of ether oxygens (including phenoxy) is 1. The van der Waals surface area contributed by atoms with Crippen molar-refractivity contribution in [1.29, 1.82) is 0 Å². The molecule has 0 radical (unpaired) electrons. The molecule has 1 aromatic carbocycles. The molecule has 27 heavy (non-hydrogen) atoms. The Hall–Kier alpha value is -1.60. The third kappa shape index (κ3) is 4.63. The van der Waals surface area contributed by atoms with Gasteiger partial charge in [0.25, 0.3) is 0 Å². The highest BCUT2D eigenvalue weighted by atomic mass is 35.5. The van der Waals surface area contributed by atoms with Crippen LogP contribution in [0.5, 0.6) is 0 Å². The Balaban J connectivity index is 1.36. The highest BCUT2D eigenvalue weighted by Gasteiger charge is 2.24. The van der Waals surface area contributed by atoms with Crippen LogP contribution in [0.4, 0.5) is 11.8 Å². The first-order valence-corrected chi connectivity index (χ1v) is 10.0. The second-order valence-electron chi connectivity index (χ2n) is 6.90. The Labute approximate surface area is 169 Å². The van der Waals surface area contributed by atoms with Crippen LogP contribution >= 0.6 is 23.2 Å². The number of nitrogens with zero attached hydrogens (tertiary/aromatic N) is 4. The van der Waals surface area contributed by atoms with Crippen molar-refractivity contribution in [2.75, 3.05) is 49.6 Å². The SMILES string of the molecule is Clc1cccc(Cl)c1CN1CCC(Nc2nccc(N3CCOCC3)n2)C1. The van der Waals surface area contributed by atoms with Crippen LogP contribution in [-0.4, -0.2) is 60.3 Å². The predicted molar refractivity (Wildman–Crippen MR) is 109 cm³/mol. The molecule has 1 N–H and O–H groups in total. The molecule has 1 atom stereocenters. The van der Waals surface area contributed by atoms with E-state index in [4.69, 9.17) is 27.9 Å². The molecule has 4 rings (SSSR count). The maximum atomic E-state index is 6.31. The third-order valence-electron chi connectivity index (χ3n) is 5.02. The number of hydrogen-bond acceptors (Lipinski definition) is 6. The van der Waals surface area contributed by atoms with Gasteiger partial charge in [-0.25, -0.2) is 4.98 Å². The molecule has 1 unspecified atom stereocenters. The van der Waals surface area contributed by atoms with E-state index in [9.17, 15) is 0 Å². The van der Waals surface area contributed by atoms with Crippen LogP contribution in [0.3, 0.4) is 0 Å². The quantitative estimate of drug-likeness (QED) is 0.820. The number of likely N-dealkylation sites (tertiary alicyclic amines) is 1. The number of hydrogen-bond donors (Lipinski definition) is 1. The van der Waals surface area contributed by atoms with Crippen LogP contribution in [0, 0.1) is 0 Å². The number of morpholine rings is 1. The molecule has 0 saturated carbocycles. The maximum absolute atomic E-state index is 6.31. The molecule has 0 bridgehead atoms. The lowest BCUT2D eigenvalue weighted by atomic mass is 10.2. The van der Waals surface area contributed by atoms with E-state index in [0.29, 0.717) is 12.0 Å². The summed E-state index contributed by atoms with van der Waals surface area (Å²) in [5, 5.41) is 4.92. The largest absolute Gasteiger partial charge is 0.378 e. The number of halogens is 2. The lowest BCUT2D eigenvalue weighted by Crippen LogP contribution is -2.37. The van der Waals surface area contributed by atoms with Crippen molar-refractivity contribution < 1.29 is 4.74 Å². The first-order valence-electron chi connectivity index (χ1n) is 9.26. The fourth-order valence-corrected chi connectivity index (χ4v) is 4.09. The molecule has 0 aliphatic carbocycles. The van der Waals surface area contributed by atoms with Gasteiger partial charge in [0.05, 0.1) is 13.2 Å². The van der Waals surface area contributed by atoms with Crippen molar-refractivity contribution in [2.45, 2.75) is 19.0 Å². The number of nitrogens with one attached hydrogen (secondary N) is 1. The zero-order chi connectivity index (χ0) is 18.6. The van der Waals surface area contributed by atoms with Gasteiger partial charge >= 0.3 is 0 Å². The highest BCUT2D eigenvalue weighted by molar-refractivity contribution is 6.35. The van der Waals surface area contributed by atoms with E-state index in [2.05, 4.69) is 25.1 Å². The van der Waals surface area contributed by atoms with Crippen LogP contribution < -0.4 is 10.2 Å². The van der Waals surface area contributed by atoms with E-state index in [-0.39, 0.29) is 0 Å². The number of anilines is 2. The van der Waals surface area contributed by atoms with Gasteiger partial charge in [-0.1, -0.05) is 29.3 Å². The van der Waals surface area contributed by atoms with Crippen LogP contribution in [0.15, 0.2) is 30.5 Å².